The Kier molecular flexibility index (Phi) is 4.74. The van der Waals surface area contributed by atoms with Crippen molar-refractivity contribution < 1.29 is 5.11 Å². The minimum Gasteiger partial charge on any atom is -0.389 e. The van der Waals surface area contributed by atoms with Gasteiger partial charge in [0.25, 0.3) is 0 Å². The molecule has 0 bridgehead atoms. The molecule has 1 fully saturated rings. The quantitative estimate of drug-likeness (QED) is 0.883. The molecule has 0 aliphatic carbocycles. The van der Waals surface area contributed by atoms with Crippen LogP contribution in [0.5, 0.6) is 0 Å². The van der Waals surface area contributed by atoms with E-state index in [-0.39, 0.29) is 0 Å². The van der Waals surface area contributed by atoms with Gasteiger partial charge in [0.05, 0.1) is 5.60 Å². The molecular formula is C13H18ClNOS. The summed E-state index contributed by atoms with van der Waals surface area (Å²) in [5, 5.41) is 14.4. The third kappa shape index (κ3) is 4.18. The maximum absolute atomic E-state index is 10.3. The van der Waals surface area contributed by atoms with Crippen LogP contribution in [0.2, 0.25) is 5.02 Å². The Morgan fingerprint density at radius 3 is 2.53 bits per heavy atom. The molecule has 2 rings (SSSR count). The van der Waals surface area contributed by atoms with E-state index in [2.05, 4.69) is 5.32 Å². The van der Waals surface area contributed by atoms with Gasteiger partial charge in [0.2, 0.25) is 0 Å². The first kappa shape index (κ1) is 13.2. The molecule has 0 unspecified atom stereocenters. The van der Waals surface area contributed by atoms with Crippen molar-refractivity contribution in [1.82, 2.24) is 5.32 Å². The summed E-state index contributed by atoms with van der Waals surface area (Å²) >= 11 is 7.63. The van der Waals surface area contributed by atoms with Crippen molar-refractivity contribution in [2.24, 2.45) is 0 Å². The van der Waals surface area contributed by atoms with Crippen LogP contribution in [-0.4, -0.2) is 29.5 Å². The monoisotopic (exact) mass is 271 g/mol. The molecule has 1 aliphatic heterocycles. The molecule has 1 aromatic carbocycles. The predicted octanol–water partition coefficient (Wildman–Crippen LogP) is 2.69. The number of aliphatic hydroxyl groups is 1. The second-order valence-corrected chi connectivity index (χ2v) is 6.02. The Hall–Kier alpha value is -0.220. The molecule has 1 heterocycles. The summed E-state index contributed by atoms with van der Waals surface area (Å²) in [5.41, 5.74) is 0.791. The van der Waals surface area contributed by atoms with Crippen LogP contribution in [0.4, 0.5) is 0 Å². The maximum Gasteiger partial charge on any atom is 0.0762 e. The third-order valence-corrected chi connectivity index (χ3v) is 4.62. The molecule has 17 heavy (non-hydrogen) atoms. The SMILES string of the molecule is OC1(CSCc2ccc(Cl)cc2)CCNCC1. The predicted molar refractivity (Wildman–Crippen MR) is 74.7 cm³/mol. The van der Waals surface area contributed by atoms with Gasteiger partial charge in [0.15, 0.2) is 0 Å². The topological polar surface area (TPSA) is 32.3 Å². The normalized spacial score (nSPS) is 19.2. The summed E-state index contributed by atoms with van der Waals surface area (Å²) in [6, 6.07) is 7.91. The lowest BCUT2D eigenvalue weighted by molar-refractivity contribution is 0.0339. The van der Waals surface area contributed by atoms with E-state index < -0.39 is 5.60 Å². The molecule has 0 amide bonds. The zero-order valence-electron chi connectivity index (χ0n) is 9.79. The van der Waals surface area contributed by atoms with Crippen molar-refractivity contribution in [1.29, 1.82) is 0 Å². The highest BCUT2D eigenvalue weighted by molar-refractivity contribution is 7.98. The van der Waals surface area contributed by atoms with Gasteiger partial charge in [-0.1, -0.05) is 23.7 Å². The lowest BCUT2D eigenvalue weighted by atomic mass is 9.95. The van der Waals surface area contributed by atoms with Gasteiger partial charge < -0.3 is 10.4 Å². The summed E-state index contributed by atoms with van der Waals surface area (Å²) in [6.45, 7) is 1.86. The standard InChI is InChI=1S/C13H18ClNOS/c14-12-3-1-11(2-4-12)9-17-10-13(16)5-7-15-8-6-13/h1-4,15-16H,5-10H2. The fourth-order valence-electron chi connectivity index (χ4n) is 1.98. The molecule has 2 nitrogen and oxygen atoms in total. The molecule has 0 saturated carbocycles. The van der Waals surface area contributed by atoms with Gasteiger partial charge in [-0.25, -0.2) is 0 Å². The summed E-state index contributed by atoms with van der Waals surface area (Å²) in [4.78, 5) is 0. The van der Waals surface area contributed by atoms with Crippen molar-refractivity contribution in [3.05, 3.63) is 34.9 Å². The molecule has 1 aromatic rings. The van der Waals surface area contributed by atoms with E-state index in [0.29, 0.717) is 0 Å². The lowest BCUT2D eigenvalue weighted by Crippen LogP contribution is -2.43. The van der Waals surface area contributed by atoms with Crippen LogP contribution >= 0.6 is 23.4 Å². The fraction of sp³-hybridized carbons (Fsp3) is 0.538. The Morgan fingerprint density at radius 2 is 1.88 bits per heavy atom. The molecule has 0 radical (unpaired) electrons. The first-order chi connectivity index (χ1) is 8.18. The number of thioether (sulfide) groups is 1. The molecule has 0 aromatic heterocycles. The summed E-state index contributed by atoms with van der Waals surface area (Å²) in [7, 11) is 0. The molecule has 1 saturated heterocycles. The average molecular weight is 272 g/mol. The second kappa shape index (κ2) is 6.10. The molecule has 0 atom stereocenters. The minimum absolute atomic E-state index is 0.470. The molecule has 4 heteroatoms. The largest absolute Gasteiger partial charge is 0.389 e. The van der Waals surface area contributed by atoms with Crippen LogP contribution in [0.15, 0.2) is 24.3 Å². The molecule has 94 valence electrons. The highest BCUT2D eigenvalue weighted by atomic mass is 35.5. The first-order valence-corrected chi connectivity index (χ1v) is 7.47. The van der Waals surface area contributed by atoms with Gasteiger partial charge in [-0.2, -0.15) is 11.8 Å². The number of hydrogen-bond acceptors (Lipinski definition) is 3. The summed E-state index contributed by atoms with van der Waals surface area (Å²) < 4.78 is 0. The Bertz CT molecular complexity index is 349. The van der Waals surface area contributed by atoms with E-state index in [1.165, 1.54) is 5.56 Å². The van der Waals surface area contributed by atoms with Gasteiger partial charge in [-0.3, -0.25) is 0 Å². The molecule has 0 spiro atoms. The van der Waals surface area contributed by atoms with Crippen LogP contribution in [0.25, 0.3) is 0 Å². The maximum atomic E-state index is 10.3. The Morgan fingerprint density at radius 1 is 1.24 bits per heavy atom. The van der Waals surface area contributed by atoms with E-state index in [1.54, 1.807) is 11.8 Å². The van der Waals surface area contributed by atoms with Crippen LogP contribution in [0, 0.1) is 0 Å². The van der Waals surface area contributed by atoms with Crippen LogP contribution in [0.1, 0.15) is 18.4 Å². The van der Waals surface area contributed by atoms with Gasteiger partial charge in [-0.05, 0) is 43.6 Å². The van der Waals surface area contributed by atoms with Crippen LogP contribution in [-0.2, 0) is 5.75 Å². The van der Waals surface area contributed by atoms with Gasteiger partial charge in [0, 0.05) is 16.5 Å². The van der Waals surface area contributed by atoms with E-state index in [4.69, 9.17) is 11.6 Å². The summed E-state index contributed by atoms with van der Waals surface area (Å²) in [6.07, 6.45) is 1.72. The van der Waals surface area contributed by atoms with Crippen molar-refractivity contribution >= 4 is 23.4 Å². The lowest BCUT2D eigenvalue weighted by Gasteiger charge is -2.32. The van der Waals surface area contributed by atoms with E-state index in [9.17, 15) is 5.11 Å². The third-order valence-electron chi connectivity index (χ3n) is 3.09. The second-order valence-electron chi connectivity index (χ2n) is 4.59. The highest BCUT2D eigenvalue weighted by Gasteiger charge is 2.28. The Labute approximate surface area is 112 Å². The van der Waals surface area contributed by atoms with Crippen LogP contribution < -0.4 is 5.32 Å². The number of benzene rings is 1. The molecule has 1 aliphatic rings. The number of halogens is 1. The minimum atomic E-state index is -0.470. The van der Waals surface area contributed by atoms with Gasteiger partial charge >= 0.3 is 0 Å². The van der Waals surface area contributed by atoms with Gasteiger partial charge in [-0.15, -0.1) is 0 Å². The zero-order chi connectivity index (χ0) is 12.1. The highest BCUT2D eigenvalue weighted by Crippen LogP contribution is 2.25. The van der Waals surface area contributed by atoms with Crippen LogP contribution in [0.3, 0.4) is 0 Å². The van der Waals surface area contributed by atoms with Crippen molar-refractivity contribution in [3.8, 4) is 0 Å². The van der Waals surface area contributed by atoms with Gasteiger partial charge in [0.1, 0.15) is 0 Å². The van der Waals surface area contributed by atoms with Crippen molar-refractivity contribution in [2.75, 3.05) is 18.8 Å². The average Bonchev–Trinajstić information content (AvgIpc) is 2.32. The number of piperidine rings is 1. The molecular weight excluding hydrogens is 254 g/mol. The Balaban J connectivity index is 1.77. The summed E-state index contributed by atoms with van der Waals surface area (Å²) in [5.74, 6) is 1.75. The van der Waals surface area contributed by atoms with Crippen molar-refractivity contribution in [2.45, 2.75) is 24.2 Å². The number of rotatable bonds is 4. The van der Waals surface area contributed by atoms with Crippen molar-refractivity contribution in [3.63, 3.8) is 0 Å². The smallest absolute Gasteiger partial charge is 0.0762 e. The molecule has 2 N–H and O–H groups in total. The van der Waals surface area contributed by atoms with E-state index >= 15 is 0 Å². The zero-order valence-corrected chi connectivity index (χ0v) is 11.4. The fourth-order valence-corrected chi connectivity index (χ4v) is 3.30. The number of hydrogen-bond donors (Lipinski definition) is 2. The van der Waals surface area contributed by atoms with E-state index in [0.717, 1.165) is 42.5 Å². The first-order valence-electron chi connectivity index (χ1n) is 5.93. The number of nitrogens with one attached hydrogen (secondary N) is 1. The van der Waals surface area contributed by atoms with E-state index in [1.807, 2.05) is 24.3 Å².